The molecule has 0 aromatic heterocycles. The van der Waals surface area contributed by atoms with Crippen molar-refractivity contribution in [3.63, 3.8) is 0 Å². The van der Waals surface area contributed by atoms with Gasteiger partial charge in [-0.15, -0.1) is 12.4 Å². The molecule has 2 nitrogen and oxygen atoms in total. The van der Waals surface area contributed by atoms with E-state index in [2.05, 4.69) is 23.9 Å². The van der Waals surface area contributed by atoms with Crippen molar-refractivity contribution in [3.8, 4) is 0 Å². The lowest BCUT2D eigenvalue weighted by Gasteiger charge is -2.46. The van der Waals surface area contributed by atoms with Crippen LogP contribution in [0.2, 0.25) is 0 Å². The molecule has 0 N–H and O–H groups in total. The van der Waals surface area contributed by atoms with Gasteiger partial charge in [0, 0.05) is 26.2 Å². The van der Waals surface area contributed by atoms with Crippen molar-refractivity contribution in [2.45, 2.75) is 51.4 Å². The number of fused-ring (bicyclic) bond motifs is 5. The predicted molar refractivity (Wildman–Crippen MR) is 100 cm³/mol. The monoisotopic (exact) mass is 338 g/mol. The lowest BCUT2D eigenvalue weighted by Crippen LogP contribution is -2.38. The molecule has 0 aromatic carbocycles. The van der Waals surface area contributed by atoms with E-state index in [1.54, 1.807) is 0 Å². The number of likely N-dealkylation sites (N-methyl/N-ethyl adjacent to an activating group) is 1. The molecule has 0 aromatic rings. The second-order valence-corrected chi connectivity index (χ2v) is 8.65. The first kappa shape index (κ1) is 17.8. The van der Waals surface area contributed by atoms with Crippen LogP contribution in [0.1, 0.15) is 51.4 Å². The maximum atomic E-state index is 2.80. The Bertz CT molecular complexity index is 411. The Kier molecular flexibility index (Phi) is 5.76. The number of rotatable bonds is 3. The molecule has 3 fully saturated rings. The van der Waals surface area contributed by atoms with Gasteiger partial charge in [0.2, 0.25) is 0 Å². The summed E-state index contributed by atoms with van der Waals surface area (Å²) >= 11 is 0. The summed E-state index contributed by atoms with van der Waals surface area (Å²) in [5.74, 6) is 3.97. The van der Waals surface area contributed by atoms with E-state index in [4.69, 9.17) is 0 Å². The Labute approximate surface area is 149 Å². The molecule has 4 atom stereocenters. The second kappa shape index (κ2) is 7.45. The van der Waals surface area contributed by atoms with Gasteiger partial charge >= 0.3 is 0 Å². The number of nitrogens with zero attached hydrogens (tertiary/aromatic N) is 2. The first-order chi connectivity index (χ1) is 10.7. The van der Waals surface area contributed by atoms with Crippen LogP contribution in [0.3, 0.4) is 0 Å². The van der Waals surface area contributed by atoms with Crippen LogP contribution in [0.4, 0.5) is 0 Å². The van der Waals surface area contributed by atoms with Crippen molar-refractivity contribution in [1.29, 1.82) is 0 Å². The predicted octanol–water partition coefficient (Wildman–Crippen LogP) is 4.21. The van der Waals surface area contributed by atoms with Crippen LogP contribution < -0.4 is 0 Å². The third-order valence-corrected chi connectivity index (χ3v) is 7.12. The maximum Gasteiger partial charge on any atom is 0.0109 e. The van der Waals surface area contributed by atoms with Gasteiger partial charge in [0.05, 0.1) is 0 Å². The Morgan fingerprint density at radius 2 is 1.39 bits per heavy atom. The summed E-state index contributed by atoms with van der Waals surface area (Å²) in [7, 11) is 4.42. The first-order valence-corrected chi connectivity index (χ1v) is 9.83. The van der Waals surface area contributed by atoms with Crippen molar-refractivity contribution in [2.24, 2.45) is 23.7 Å². The van der Waals surface area contributed by atoms with E-state index < -0.39 is 0 Å². The molecule has 23 heavy (non-hydrogen) atoms. The number of hydrogen-bond acceptors (Lipinski definition) is 2. The quantitative estimate of drug-likeness (QED) is 0.711. The third-order valence-electron chi connectivity index (χ3n) is 7.12. The average molecular weight is 339 g/mol. The summed E-state index contributed by atoms with van der Waals surface area (Å²) in [4.78, 5) is 5.15. The van der Waals surface area contributed by atoms with Gasteiger partial charge in [0.15, 0.2) is 0 Å². The SMILES string of the molecule is CN(C)CCN1CC2C3CCCCC3=C3CCCCC3C2C1.Cl. The summed E-state index contributed by atoms with van der Waals surface area (Å²) in [6.07, 6.45) is 11.9. The highest BCUT2D eigenvalue weighted by atomic mass is 35.5. The van der Waals surface area contributed by atoms with E-state index in [1.165, 1.54) is 77.5 Å². The van der Waals surface area contributed by atoms with Gasteiger partial charge in [-0.2, -0.15) is 0 Å². The van der Waals surface area contributed by atoms with Crippen LogP contribution in [0, 0.1) is 23.7 Å². The van der Waals surface area contributed by atoms with Gasteiger partial charge in [-0.05, 0) is 76.3 Å². The van der Waals surface area contributed by atoms with E-state index in [1.807, 2.05) is 11.1 Å². The average Bonchev–Trinajstić information content (AvgIpc) is 2.98. The van der Waals surface area contributed by atoms with Crippen LogP contribution in [0.15, 0.2) is 11.1 Å². The van der Waals surface area contributed by atoms with Gasteiger partial charge in [0.1, 0.15) is 0 Å². The molecule has 1 saturated heterocycles. The van der Waals surface area contributed by atoms with Crippen molar-refractivity contribution in [1.82, 2.24) is 9.80 Å². The lowest BCUT2D eigenvalue weighted by atomic mass is 9.58. The van der Waals surface area contributed by atoms with Crippen molar-refractivity contribution >= 4 is 12.4 Å². The Morgan fingerprint density at radius 3 is 1.87 bits per heavy atom. The number of allylic oxidation sites excluding steroid dienone is 2. The normalized spacial score (nSPS) is 37.2. The van der Waals surface area contributed by atoms with Crippen LogP contribution >= 0.6 is 12.4 Å². The van der Waals surface area contributed by atoms with Gasteiger partial charge in [-0.1, -0.05) is 24.0 Å². The van der Waals surface area contributed by atoms with E-state index in [0.29, 0.717) is 0 Å². The van der Waals surface area contributed by atoms with Crippen molar-refractivity contribution < 1.29 is 0 Å². The second-order valence-electron chi connectivity index (χ2n) is 8.65. The fraction of sp³-hybridized carbons (Fsp3) is 0.900. The molecule has 4 aliphatic rings. The van der Waals surface area contributed by atoms with E-state index >= 15 is 0 Å². The third kappa shape index (κ3) is 3.37. The highest BCUT2D eigenvalue weighted by Crippen LogP contribution is 2.54. The van der Waals surface area contributed by atoms with Gasteiger partial charge in [-0.3, -0.25) is 0 Å². The molecular weight excluding hydrogens is 304 g/mol. The van der Waals surface area contributed by atoms with Gasteiger partial charge in [-0.25, -0.2) is 0 Å². The fourth-order valence-electron chi connectivity index (χ4n) is 6.14. The first-order valence-electron chi connectivity index (χ1n) is 9.83. The Hall–Kier alpha value is -0.0500. The van der Waals surface area contributed by atoms with Crippen LogP contribution in [0.25, 0.3) is 0 Å². The van der Waals surface area contributed by atoms with Gasteiger partial charge < -0.3 is 9.80 Å². The standard InChI is InChI=1S/C20H34N2.ClH/c1-21(2)11-12-22-13-19-17-9-5-3-7-15(17)16-8-4-6-10-18(16)20(19)14-22;/h17-20H,3-14H2,1-2H3;1H. The zero-order chi connectivity index (χ0) is 15.1. The molecule has 1 aliphatic heterocycles. The van der Waals surface area contributed by atoms with Crippen LogP contribution in [-0.4, -0.2) is 50.1 Å². The molecule has 1 heterocycles. The molecule has 0 amide bonds. The molecule has 132 valence electrons. The number of hydrogen-bond donors (Lipinski definition) is 0. The molecule has 4 unspecified atom stereocenters. The van der Waals surface area contributed by atoms with E-state index in [9.17, 15) is 0 Å². The summed E-state index contributed by atoms with van der Waals surface area (Å²) in [6, 6.07) is 0. The minimum Gasteiger partial charge on any atom is -0.308 e. The summed E-state index contributed by atoms with van der Waals surface area (Å²) < 4.78 is 0. The number of likely N-dealkylation sites (tertiary alicyclic amines) is 1. The van der Waals surface area contributed by atoms with Crippen molar-refractivity contribution in [2.75, 3.05) is 40.3 Å². The smallest absolute Gasteiger partial charge is 0.0109 e. The summed E-state index contributed by atoms with van der Waals surface area (Å²) in [5.41, 5.74) is 3.96. The molecule has 0 spiro atoms. The molecular formula is C20H35ClN2. The summed E-state index contributed by atoms with van der Waals surface area (Å²) in [6.45, 7) is 5.30. The van der Waals surface area contributed by atoms with Crippen LogP contribution in [0.5, 0.6) is 0 Å². The molecule has 3 heteroatoms. The Balaban J connectivity index is 0.00000156. The highest BCUT2D eigenvalue weighted by molar-refractivity contribution is 5.85. The van der Waals surface area contributed by atoms with Crippen LogP contribution in [-0.2, 0) is 0 Å². The maximum absolute atomic E-state index is 2.80. The molecule has 4 rings (SSSR count). The largest absolute Gasteiger partial charge is 0.308 e. The van der Waals surface area contributed by atoms with Gasteiger partial charge in [0.25, 0.3) is 0 Å². The molecule has 0 radical (unpaired) electrons. The topological polar surface area (TPSA) is 6.48 Å². The minimum atomic E-state index is 0. The highest BCUT2D eigenvalue weighted by Gasteiger charge is 2.48. The zero-order valence-corrected chi connectivity index (χ0v) is 15.9. The minimum absolute atomic E-state index is 0. The Morgan fingerprint density at radius 1 is 0.870 bits per heavy atom. The van der Waals surface area contributed by atoms with Crippen molar-refractivity contribution in [3.05, 3.63) is 11.1 Å². The molecule has 3 aliphatic carbocycles. The zero-order valence-electron chi connectivity index (χ0n) is 15.1. The van der Waals surface area contributed by atoms with E-state index in [-0.39, 0.29) is 12.4 Å². The lowest BCUT2D eigenvalue weighted by molar-refractivity contribution is 0.174. The molecule has 0 bridgehead atoms. The molecule has 2 saturated carbocycles. The fourth-order valence-corrected chi connectivity index (χ4v) is 6.14. The van der Waals surface area contributed by atoms with E-state index in [0.717, 1.165) is 23.7 Å². The summed E-state index contributed by atoms with van der Waals surface area (Å²) in [5, 5.41) is 0. The number of halogens is 1.